The number of carboxylic acid groups (broad SMARTS) is 1. The van der Waals surface area contributed by atoms with E-state index in [4.69, 9.17) is 19.3 Å². The lowest BCUT2D eigenvalue weighted by Gasteiger charge is -2.50. The van der Waals surface area contributed by atoms with E-state index in [2.05, 4.69) is 34.3 Å². The minimum atomic E-state index is -0.975. The maximum atomic E-state index is 13.4. The van der Waals surface area contributed by atoms with Gasteiger partial charge >= 0.3 is 17.9 Å². The van der Waals surface area contributed by atoms with Crippen LogP contribution in [0.25, 0.3) is 0 Å². The number of nitrogens with zero attached hydrogens (tertiary/aromatic N) is 1. The van der Waals surface area contributed by atoms with Crippen LogP contribution in [0, 0.1) is 5.92 Å². The van der Waals surface area contributed by atoms with Crippen molar-refractivity contribution < 1.29 is 33.5 Å². The van der Waals surface area contributed by atoms with Gasteiger partial charge in [-0.05, 0) is 45.4 Å². The quantitative estimate of drug-likeness (QED) is 0.315. The highest BCUT2D eigenvalue weighted by Crippen LogP contribution is 2.45. The molecule has 0 aromatic carbocycles. The summed E-state index contributed by atoms with van der Waals surface area (Å²) in [4.78, 5) is 24.4. The Labute approximate surface area is 200 Å². The Morgan fingerprint density at radius 1 is 1.24 bits per heavy atom. The molecule has 2 saturated heterocycles. The fourth-order valence-corrected chi connectivity index (χ4v) is 6.72. The number of carbonyl (C=O) groups is 2. The minimum Gasteiger partial charge on any atom is -0.481 e. The second-order valence-corrected chi connectivity index (χ2v) is 10.5. The zero-order valence-corrected chi connectivity index (χ0v) is 20.3. The molecular formula is C25H38N3O6+. The number of hydrogen-bond acceptors (Lipinski definition) is 7. The Balaban J connectivity index is 1.47. The summed E-state index contributed by atoms with van der Waals surface area (Å²) >= 11 is 0. The molecule has 0 radical (unpaired) electrons. The number of rotatable bonds is 5. The third-order valence-electron chi connectivity index (χ3n) is 8.16. The lowest BCUT2D eigenvalue weighted by molar-refractivity contribution is -0.609. The van der Waals surface area contributed by atoms with Gasteiger partial charge in [-0.2, -0.15) is 0 Å². The average Bonchev–Trinajstić information content (AvgIpc) is 3.08. The van der Waals surface area contributed by atoms with Crippen molar-refractivity contribution in [3.05, 3.63) is 12.2 Å². The monoisotopic (exact) mass is 476 g/mol. The Kier molecular flexibility index (Phi) is 6.35. The van der Waals surface area contributed by atoms with Gasteiger partial charge in [-0.3, -0.25) is 14.2 Å². The van der Waals surface area contributed by atoms with Crippen molar-refractivity contribution in [2.75, 3.05) is 6.61 Å². The van der Waals surface area contributed by atoms with Crippen LogP contribution in [-0.4, -0.2) is 69.9 Å². The molecule has 34 heavy (non-hydrogen) atoms. The van der Waals surface area contributed by atoms with E-state index in [9.17, 15) is 9.59 Å². The molecule has 5 aliphatic rings. The van der Waals surface area contributed by atoms with Crippen LogP contribution in [0.4, 0.5) is 0 Å². The Morgan fingerprint density at radius 3 is 2.85 bits per heavy atom. The van der Waals surface area contributed by atoms with Gasteiger partial charge in [0.25, 0.3) is 0 Å². The van der Waals surface area contributed by atoms with Gasteiger partial charge in [0.1, 0.15) is 6.61 Å². The van der Waals surface area contributed by atoms with Gasteiger partial charge in [-0.15, -0.1) is 0 Å². The molecule has 5 aliphatic heterocycles. The largest absolute Gasteiger partial charge is 0.481 e. The summed E-state index contributed by atoms with van der Waals surface area (Å²) in [7, 11) is 0. The number of nitrogens with one attached hydrogen (secondary N) is 2. The highest BCUT2D eigenvalue weighted by molar-refractivity contribution is 5.82. The summed E-state index contributed by atoms with van der Waals surface area (Å²) < 4.78 is 21.0. The Hall–Kier alpha value is -2.13. The molecule has 7 atom stereocenters. The zero-order valence-electron chi connectivity index (χ0n) is 20.3. The predicted molar refractivity (Wildman–Crippen MR) is 123 cm³/mol. The second-order valence-electron chi connectivity index (χ2n) is 10.5. The second kappa shape index (κ2) is 9.15. The number of carboxylic acids is 1. The summed E-state index contributed by atoms with van der Waals surface area (Å²) in [5.74, 6) is -0.959. The first-order valence-corrected chi connectivity index (χ1v) is 13.0. The van der Waals surface area contributed by atoms with E-state index in [1.165, 1.54) is 0 Å². The first-order valence-electron chi connectivity index (χ1n) is 13.0. The molecule has 0 amide bonds. The van der Waals surface area contributed by atoms with E-state index in [1.54, 1.807) is 0 Å². The zero-order chi connectivity index (χ0) is 23.9. The molecule has 5 heterocycles. The molecule has 1 unspecified atom stereocenters. The van der Waals surface area contributed by atoms with Crippen LogP contribution < -0.4 is 10.6 Å². The van der Waals surface area contributed by atoms with Crippen LogP contribution in [0.1, 0.15) is 78.1 Å². The van der Waals surface area contributed by atoms with Crippen LogP contribution in [0.15, 0.2) is 12.2 Å². The van der Waals surface area contributed by atoms with Crippen molar-refractivity contribution in [3.63, 3.8) is 0 Å². The number of aliphatic carboxylic acids is 1. The molecule has 0 aliphatic carbocycles. The molecule has 9 heteroatoms. The molecule has 0 saturated carbocycles. The van der Waals surface area contributed by atoms with Gasteiger partial charge < -0.3 is 19.3 Å². The van der Waals surface area contributed by atoms with Gasteiger partial charge in [0.15, 0.2) is 11.6 Å². The smallest absolute Gasteiger partial charge is 0.350 e. The van der Waals surface area contributed by atoms with Gasteiger partial charge in [0.2, 0.25) is 5.72 Å². The van der Waals surface area contributed by atoms with Crippen LogP contribution in [0.5, 0.6) is 0 Å². The number of hydrogen-bond donors (Lipinski definition) is 3. The molecule has 0 aromatic rings. The number of ether oxygens (including phenoxy) is 3. The van der Waals surface area contributed by atoms with Crippen molar-refractivity contribution in [1.29, 1.82) is 0 Å². The molecule has 0 aromatic heterocycles. The van der Waals surface area contributed by atoms with E-state index >= 15 is 0 Å². The highest BCUT2D eigenvalue weighted by atomic mass is 16.6. The molecule has 0 bridgehead atoms. The Morgan fingerprint density at radius 2 is 2.09 bits per heavy atom. The SMILES string of the molecule is CC[C@H]1C=CCC[C@@]2(C[C@@H]3CC[C@@H]4C(C(=O)OCCC(=O)O)[C@]5(CCC[C@@H](C)O5)NC(=[N+]34)N2)O1. The van der Waals surface area contributed by atoms with E-state index in [-0.39, 0.29) is 43.3 Å². The first kappa shape index (κ1) is 23.6. The van der Waals surface area contributed by atoms with Crippen molar-refractivity contribution in [3.8, 4) is 0 Å². The number of esters is 1. The summed E-state index contributed by atoms with van der Waals surface area (Å²) in [6.45, 7) is 4.07. The van der Waals surface area contributed by atoms with Crippen molar-refractivity contribution in [1.82, 2.24) is 10.6 Å². The van der Waals surface area contributed by atoms with E-state index in [0.29, 0.717) is 6.42 Å². The third kappa shape index (κ3) is 4.21. The fourth-order valence-electron chi connectivity index (χ4n) is 6.72. The van der Waals surface area contributed by atoms with Crippen LogP contribution in [0.3, 0.4) is 0 Å². The van der Waals surface area contributed by atoms with Crippen molar-refractivity contribution >= 4 is 17.9 Å². The summed E-state index contributed by atoms with van der Waals surface area (Å²) in [6.07, 6.45) is 12.4. The molecule has 5 rings (SSSR count). The van der Waals surface area contributed by atoms with Crippen molar-refractivity contribution in [2.45, 2.75) is 114 Å². The maximum Gasteiger partial charge on any atom is 0.350 e. The molecule has 9 nitrogen and oxygen atoms in total. The van der Waals surface area contributed by atoms with Crippen LogP contribution in [-0.2, 0) is 23.8 Å². The summed E-state index contributed by atoms with van der Waals surface area (Å²) in [6, 6.07) is 0.205. The Bertz CT molecular complexity index is 890. The normalized spacial score (nSPS) is 40.9. The standard InChI is InChI=1S/C25H37N3O6/c1-3-18-8-4-5-12-24(34-18)15-17-9-10-19-21(22(31)32-14-11-20(29)30)25(13-6-7-16(2)33-25)27-23(26-24)28(17)19/h4,8,16-19,21H,3,5-7,9-15H2,1-2H3,(H2,26,27,29,30)/p+1/t16-,17+,18+,19-,21?,24+,25-/m1/s1. The molecule has 3 N–H and O–H groups in total. The van der Waals surface area contributed by atoms with Crippen molar-refractivity contribution in [2.24, 2.45) is 5.92 Å². The van der Waals surface area contributed by atoms with Gasteiger partial charge in [-0.1, -0.05) is 19.1 Å². The van der Waals surface area contributed by atoms with Gasteiger partial charge in [0, 0.05) is 19.3 Å². The number of guanidine groups is 1. The average molecular weight is 477 g/mol. The number of carbonyl (C=O) groups excluding carboxylic acids is 1. The lowest BCUT2D eigenvalue weighted by atomic mass is 9.80. The van der Waals surface area contributed by atoms with E-state index in [1.807, 2.05) is 6.92 Å². The lowest BCUT2D eigenvalue weighted by Crippen LogP contribution is -2.76. The van der Waals surface area contributed by atoms with Crippen LogP contribution >= 0.6 is 0 Å². The fraction of sp³-hybridized carbons (Fsp3) is 0.800. The molecule has 188 valence electrons. The maximum absolute atomic E-state index is 13.4. The first-order chi connectivity index (χ1) is 16.3. The minimum absolute atomic E-state index is 0.0141. The summed E-state index contributed by atoms with van der Waals surface area (Å²) in [5, 5.41) is 16.4. The third-order valence-corrected chi connectivity index (χ3v) is 8.16. The van der Waals surface area contributed by atoms with E-state index in [0.717, 1.165) is 57.3 Å². The van der Waals surface area contributed by atoms with Crippen LogP contribution in [0.2, 0.25) is 0 Å². The molecule has 2 spiro atoms. The molecular weight excluding hydrogens is 438 g/mol. The number of allylic oxidation sites excluding steroid dienone is 1. The topological polar surface area (TPSA) is 109 Å². The summed E-state index contributed by atoms with van der Waals surface area (Å²) in [5.41, 5.74) is -1.32. The van der Waals surface area contributed by atoms with Gasteiger partial charge in [-0.25, -0.2) is 10.6 Å². The molecule has 2 fully saturated rings. The van der Waals surface area contributed by atoms with E-state index < -0.39 is 23.3 Å². The predicted octanol–water partition coefficient (Wildman–Crippen LogP) is 2.24. The van der Waals surface area contributed by atoms with Gasteiger partial charge in [0.05, 0.1) is 30.7 Å². The highest BCUT2D eigenvalue weighted by Gasteiger charge is 2.64.